The van der Waals surface area contributed by atoms with Crippen molar-refractivity contribution in [2.75, 3.05) is 7.11 Å². The molecule has 0 bridgehead atoms. The normalized spacial score (nSPS) is 12.2. The maximum absolute atomic E-state index is 12.6. The van der Waals surface area contributed by atoms with E-state index < -0.39 is 31.6 Å². The Labute approximate surface area is 151 Å². The van der Waals surface area contributed by atoms with Crippen LogP contribution in [-0.2, 0) is 16.4 Å². The Morgan fingerprint density at radius 3 is 2.46 bits per heavy atom. The van der Waals surface area contributed by atoms with Gasteiger partial charge in [-0.3, -0.25) is 10.1 Å². The lowest BCUT2D eigenvalue weighted by Gasteiger charge is -2.16. The quantitative estimate of drug-likeness (QED) is 0.558. The number of rotatable bonds is 8. The number of nitro groups is 1. The SMILES string of the molecule is COc1ccc(CC(CC#N)NS(=O)(=O)c2ccccc2[N+](=O)[O-])cc1. The molecular formula is C17H17N3O5S. The molecule has 0 radical (unpaired) electrons. The number of nitro benzene ring substituents is 1. The highest BCUT2D eigenvalue weighted by molar-refractivity contribution is 7.89. The van der Waals surface area contributed by atoms with E-state index in [1.807, 2.05) is 6.07 Å². The van der Waals surface area contributed by atoms with E-state index in [0.717, 1.165) is 17.7 Å². The highest BCUT2D eigenvalue weighted by Crippen LogP contribution is 2.23. The smallest absolute Gasteiger partial charge is 0.289 e. The zero-order valence-electron chi connectivity index (χ0n) is 14.0. The Morgan fingerprint density at radius 1 is 1.23 bits per heavy atom. The fraction of sp³-hybridized carbons (Fsp3) is 0.235. The fourth-order valence-corrected chi connectivity index (χ4v) is 3.84. The van der Waals surface area contributed by atoms with Crippen molar-refractivity contribution in [3.8, 4) is 11.8 Å². The van der Waals surface area contributed by atoms with Crippen LogP contribution in [0.1, 0.15) is 12.0 Å². The molecule has 0 spiro atoms. The van der Waals surface area contributed by atoms with E-state index in [2.05, 4.69) is 4.72 Å². The Morgan fingerprint density at radius 2 is 1.88 bits per heavy atom. The summed E-state index contributed by atoms with van der Waals surface area (Å²) in [5.74, 6) is 0.658. The molecule has 9 heteroatoms. The number of hydrogen-bond acceptors (Lipinski definition) is 6. The second kappa shape index (κ2) is 8.42. The molecule has 0 amide bonds. The molecule has 0 saturated heterocycles. The van der Waals surface area contributed by atoms with Gasteiger partial charge in [0.25, 0.3) is 5.69 Å². The molecular weight excluding hydrogens is 358 g/mol. The molecule has 0 aliphatic carbocycles. The van der Waals surface area contributed by atoms with Gasteiger partial charge >= 0.3 is 0 Å². The van der Waals surface area contributed by atoms with Crippen LogP contribution < -0.4 is 9.46 Å². The van der Waals surface area contributed by atoms with Gasteiger partial charge in [-0.15, -0.1) is 0 Å². The summed E-state index contributed by atoms with van der Waals surface area (Å²) >= 11 is 0. The summed E-state index contributed by atoms with van der Waals surface area (Å²) in [6.45, 7) is 0. The molecule has 1 N–H and O–H groups in total. The lowest BCUT2D eigenvalue weighted by atomic mass is 10.0. The summed E-state index contributed by atoms with van der Waals surface area (Å²) in [6, 6.07) is 13.3. The minimum atomic E-state index is -4.16. The molecule has 0 aromatic heterocycles. The van der Waals surface area contributed by atoms with E-state index in [1.54, 1.807) is 24.3 Å². The number of methoxy groups -OCH3 is 1. The Balaban J connectivity index is 2.25. The van der Waals surface area contributed by atoms with Crippen LogP contribution in [0.25, 0.3) is 0 Å². The summed E-state index contributed by atoms with van der Waals surface area (Å²) in [4.78, 5) is 9.90. The van der Waals surface area contributed by atoms with Gasteiger partial charge in [-0.1, -0.05) is 24.3 Å². The van der Waals surface area contributed by atoms with Crippen LogP contribution in [0, 0.1) is 21.4 Å². The Hall–Kier alpha value is -2.96. The van der Waals surface area contributed by atoms with Gasteiger partial charge < -0.3 is 4.74 Å². The first kappa shape index (κ1) is 19.4. The van der Waals surface area contributed by atoms with Crippen LogP contribution in [0.5, 0.6) is 5.75 Å². The van der Waals surface area contributed by atoms with Gasteiger partial charge in [0.15, 0.2) is 4.90 Å². The van der Waals surface area contributed by atoms with Crippen LogP contribution in [0.3, 0.4) is 0 Å². The lowest BCUT2D eigenvalue weighted by Crippen LogP contribution is -2.36. The summed E-state index contributed by atoms with van der Waals surface area (Å²) in [5, 5.41) is 20.1. The molecule has 1 atom stereocenters. The van der Waals surface area contributed by atoms with Crippen molar-refractivity contribution in [2.24, 2.45) is 0 Å². The van der Waals surface area contributed by atoms with Crippen LogP contribution >= 0.6 is 0 Å². The lowest BCUT2D eigenvalue weighted by molar-refractivity contribution is -0.387. The van der Waals surface area contributed by atoms with Gasteiger partial charge in [0.05, 0.1) is 24.5 Å². The van der Waals surface area contributed by atoms with E-state index in [-0.39, 0.29) is 12.8 Å². The van der Waals surface area contributed by atoms with Crippen LogP contribution in [0.4, 0.5) is 5.69 Å². The number of benzene rings is 2. The van der Waals surface area contributed by atoms with Gasteiger partial charge in [0.2, 0.25) is 10.0 Å². The Kier molecular flexibility index (Phi) is 6.27. The van der Waals surface area contributed by atoms with Crippen molar-refractivity contribution in [3.63, 3.8) is 0 Å². The van der Waals surface area contributed by atoms with Gasteiger partial charge in [0.1, 0.15) is 5.75 Å². The highest BCUT2D eigenvalue weighted by Gasteiger charge is 2.27. The first-order valence-electron chi connectivity index (χ1n) is 7.63. The number of hydrogen-bond donors (Lipinski definition) is 1. The number of para-hydroxylation sites is 1. The molecule has 26 heavy (non-hydrogen) atoms. The average Bonchev–Trinajstić information content (AvgIpc) is 2.62. The average molecular weight is 375 g/mol. The number of ether oxygens (including phenoxy) is 1. The van der Waals surface area contributed by atoms with Crippen molar-refractivity contribution < 1.29 is 18.1 Å². The molecule has 1 unspecified atom stereocenters. The Bertz CT molecular complexity index is 920. The van der Waals surface area contributed by atoms with Gasteiger partial charge in [0, 0.05) is 12.1 Å². The number of nitriles is 1. The maximum Gasteiger partial charge on any atom is 0.289 e. The monoisotopic (exact) mass is 375 g/mol. The molecule has 2 aromatic rings. The number of sulfonamides is 1. The second-order valence-corrected chi connectivity index (χ2v) is 7.14. The first-order valence-corrected chi connectivity index (χ1v) is 9.11. The first-order chi connectivity index (χ1) is 12.4. The standard InChI is InChI=1S/C17H17N3O5S/c1-25-15-8-6-13(7-9-15)12-14(10-11-18)19-26(23,24)17-5-3-2-4-16(17)20(21)22/h2-9,14,19H,10,12H2,1H3. The third-order valence-electron chi connectivity index (χ3n) is 3.65. The number of nitrogens with zero attached hydrogens (tertiary/aromatic N) is 2. The molecule has 0 heterocycles. The van der Waals surface area contributed by atoms with Gasteiger partial charge in [-0.25, -0.2) is 13.1 Å². The minimum Gasteiger partial charge on any atom is -0.497 e. The molecule has 0 fully saturated rings. The zero-order chi connectivity index (χ0) is 19.2. The summed E-state index contributed by atoms with van der Waals surface area (Å²) in [7, 11) is -2.62. The summed E-state index contributed by atoms with van der Waals surface area (Å²) in [6.07, 6.45) is 0.184. The minimum absolute atomic E-state index is 0.0775. The predicted molar refractivity (Wildman–Crippen MR) is 94.1 cm³/mol. The highest BCUT2D eigenvalue weighted by atomic mass is 32.2. The van der Waals surface area contributed by atoms with Crippen molar-refractivity contribution in [1.82, 2.24) is 4.72 Å². The molecule has 8 nitrogen and oxygen atoms in total. The third kappa shape index (κ3) is 4.78. The van der Waals surface area contributed by atoms with Gasteiger partial charge in [-0.05, 0) is 30.2 Å². The van der Waals surface area contributed by atoms with Crippen LogP contribution in [-0.4, -0.2) is 26.5 Å². The van der Waals surface area contributed by atoms with E-state index in [4.69, 9.17) is 10.00 Å². The van der Waals surface area contributed by atoms with Crippen molar-refractivity contribution >= 4 is 15.7 Å². The van der Waals surface area contributed by atoms with Crippen molar-refractivity contribution in [1.29, 1.82) is 5.26 Å². The second-order valence-electron chi connectivity index (χ2n) is 5.46. The zero-order valence-corrected chi connectivity index (χ0v) is 14.8. The topological polar surface area (TPSA) is 122 Å². The molecule has 2 rings (SSSR count). The van der Waals surface area contributed by atoms with E-state index in [9.17, 15) is 18.5 Å². The van der Waals surface area contributed by atoms with Crippen LogP contribution in [0.2, 0.25) is 0 Å². The maximum atomic E-state index is 12.6. The summed E-state index contributed by atoms with van der Waals surface area (Å²) in [5.41, 5.74) is 0.288. The number of nitrogens with one attached hydrogen (secondary N) is 1. The third-order valence-corrected chi connectivity index (χ3v) is 5.22. The molecule has 0 aliphatic heterocycles. The molecule has 2 aromatic carbocycles. The van der Waals surface area contributed by atoms with E-state index in [1.165, 1.54) is 19.2 Å². The molecule has 136 valence electrons. The van der Waals surface area contributed by atoms with E-state index in [0.29, 0.717) is 5.75 Å². The largest absolute Gasteiger partial charge is 0.497 e. The van der Waals surface area contributed by atoms with Crippen molar-refractivity contribution in [3.05, 3.63) is 64.2 Å². The molecule has 0 saturated carbocycles. The summed E-state index contributed by atoms with van der Waals surface area (Å²) < 4.78 is 32.6. The van der Waals surface area contributed by atoms with E-state index >= 15 is 0 Å². The fourth-order valence-electron chi connectivity index (χ4n) is 2.43. The van der Waals surface area contributed by atoms with Crippen LogP contribution in [0.15, 0.2) is 53.4 Å². The van der Waals surface area contributed by atoms with Crippen molar-refractivity contribution in [2.45, 2.75) is 23.8 Å². The van der Waals surface area contributed by atoms with Gasteiger partial charge in [-0.2, -0.15) is 5.26 Å². The molecule has 0 aliphatic rings. The predicted octanol–water partition coefficient (Wildman–Crippen LogP) is 2.41.